The lowest BCUT2D eigenvalue weighted by Gasteiger charge is -2.10. The number of hydrogen-bond acceptors (Lipinski definition) is 20. The van der Waals surface area contributed by atoms with Crippen molar-refractivity contribution in [2.75, 3.05) is 35.8 Å². The van der Waals surface area contributed by atoms with Crippen molar-refractivity contribution in [3.63, 3.8) is 0 Å². The second kappa shape index (κ2) is 29.5. The zero-order valence-corrected chi connectivity index (χ0v) is 51.5. The smallest absolute Gasteiger partial charge is 0.355 e. The molecule has 0 saturated heterocycles. The van der Waals surface area contributed by atoms with Crippen LogP contribution in [0.3, 0.4) is 0 Å². The van der Waals surface area contributed by atoms with E-state index in [4.69, 9.17) is 24.1 Å². The number of H-pyrrole nitrogens is 3. The predicted octanol–water partition coefficient (Wildman–Crippen LogP) is 12.2. The minimum absolute atomic E-state index is 0.00489. The lowest BCUT2D eigenvalue weighted by atomic mass is 10.1. The van der Waals surface area contributed by atoms with Crippen LogP contribution in [0.5, 0.6) is 5.75 Å². The first-order chi connectivity index (χ1) is 43.1. The van der Waals surface area contributed by atoms with Crippen molar-refractivity contribution in [2.45, 2.75) is 73.8 Å². The summed E-state index contributed by atoms with van der Waals surface area (Å²) in [5, 5.41) is 25.1. The summed E-state index contributed by atoms with van der Waals surface area (Å²) in [6, 6.07) is 34.9. The number of nitro groups is 1. The van der Waals surface area contributed by atoms with Gasteiger partial charge in [0.05, 0.1) is 46.7 Å². The van der Waals surface area contributed by atoms with Crippen molar-refractivity contribution in [2.24, 2.45) is 5.14 Å². The Labute approximate surface area is 518 Å². The second-order valence-corrected chi connectivity index (χ2v) is 21.4. The molecule has 4 aromatic carbocycles. The highest BCUT2D eigenvalue weighted by Crippen LogP contribution is 2.33. The molecule has 25 nitrogen and oxygen atoms in total. The quantitative estimate of drug-likeness (QED) is 0.0161. The first-order valence-electron chi connectivity index (χ1n) is 28.2. The molecule has 0 unspecified atom stereocenters. The molecule has 26 heteroatoms. The summed E-state index contributed by atoms with van der Waals surface area (Å²) in [4.78, 5) is 82.4. The summed E-state index contributed by atoms with van der Waals surface area (Å²) in [5.41, 5.74) is 13.5. The Morgan fingerprint density at radius 3 is 1.29 bits per heavy atom. The van der Waals surface area contributed by atoms with E-state index in [0.717, 1.165) is 67.5 Å². The fourth-order valence-electron chi connectivity index (χ4n) is 9.49. The van der Waals surface area contributed by atoms with Gasteiger partial charge in [0.1, 0.15) is 29.4 Å². The van der Waals surface area contributed by atoms with Crippen LogP contribution in [0.1, 0.15) is 91.6 Å². The van der Waals surface area contributed by atoms with Gasteiger partial charge in [-0.3, -0.25) is 10.1 Å². The number of nitrogens with one attached hydrogen (secondary N) is 6. The van der Waals surface area contributed by atoms with Gasteiger partial charge in [-0.2, -0.15) is 0 Å². The van der Waals surface area contributed by atoms with E-state index < -0.39 is 26.9 Å². The second-order valence-electron chi connectivity index (χ2n) is 19.9. The largest absolute Gasteiger partial charge is 0.489 e. The molecule has 0 fully saturated rings. The molecular formula is C64H66N14O11S. The lowest BCUT2D eigenvalue weighted by Crippen LogP contribution is -2.11. The molecule has 0 spiro atoms. The third kappa shape index (κ3) is 16.3. The average molecular weight is 1240 g/mol. The van der Waals surface area contributed by atoms with Crippen LogP contribution < -0.4 is 25.8 Å². The number of anilines is 6. The number of nitro benzene ring substituents is 1. The van der Waals surface area contributed by atoms with Crippen molar-refractivity contribution in [3.05, 3.63) is 206 Å². The molecule has 90 heavy (non-hydrogen) atoms. The van der Waals surface area contributed by atoms with Gasteiger partial charge in [0, 0.05) is 87.6 Å². The van der Waals surface area contributed by atoms with E-state index in [9.17, 15) is 32.9 Å². The molecule has 0 aliphatic rings. The summed E-state index contributed by atoms with van der Waals surface area (Å²) in [7, 11) is -3.75. The Morgan fingerprint density at radius 1 is 0.522 bits per heavy atom. The van der Waals surface area contributed by atoms with Gasteiger partial charge in [0.2, 0.25) is 27.9 Å². The Bertz CT molecular complexity index is 4300. The first kappa shape index (κ1) is 64.9. The number of aryl methyl sites for hydroxylation is 3. The summed E-state index contributed by atoms with van der Waals surface area (Å²) >= 11 is 0. The highest BCUT2D eigenvalue weighted by molar-refractivity contribution is 7.89. The number of sulfonamides is 1. The Balaban J connectivity index is 0.000000175. The summed E-state index contributed by atoms with van der Waals surface area (Å²) in [5.74, 6) is 0.660. The fourth-order valence-corrected chi connectivity index (χ4v) is 10.0. The molecular weight excluding hydrogens is 1170 g/mol. The van der Waals surface area contributed by atoms with E-state index in [0.29, 0.717) is 83.2 Å². The van der Waals surface area contributed by atoms with Crippen LogP contribution in [0.2, 0.25) is 0 Å². The monoisotopic (exact) mass is 1240 g/mol. The molecule has 0 saturated carbocycles. The Hall–Kier alpha value is -11.1. The van der Waals surface area contributed by atoms with Gasteiger partial charge < -0.3 is 49.8 Å². The first-order valence-corrected chi connectivity index (χ1v) is 29.7. The normalized spacial score (nSPS) is 10.8. The molecule has 0 aliphatic carbocycles. The van der Waals surface area contributed by atoms with Gasteiger partial charge in [0.15, 0.2) is 0 Å². The summed E-state index contributed by atoms with van der Waals surface area (Å²) in [6.07, 6.45) is 4.89. The molecule has 464 valence electrons. The van der Waals surface area contributed by atoms with Crippen LogP contribution in [-0.4, -0.2) is 95.9 Å². The van der Waals surface area contributed by atoms with Gasteiger partial charge in [-0.15, -0.1) is 0 Å². The zero-order valence-electron chi connectivity index (χ0n) is 50.7. The molecule has 0 bridgehead atoms. The lowest BCUT2D eigenvalue weighted by molar-refractivity contribution is -0.384. The standard InChI is InChI=1S/C26H26N4O3.C19H21N5O4S.C19H19N5O4/c1-4-32-25(31)24-17(2)23(18(3)28-24)22-13-14-27-26(30-22)29-20-11-8-12-21(15-20)33-16-19-9-6-5-7-10-19;1-4-28-18(25)17-11(2)16(12(3)22-17)15-9-10-21-19(24-15)23-13-5-7-14(8-6-13)29(20,26)27;1-4-28-18(25)17-11(2)16(12(3)21-17)15-9-10-20-19(23-15)22-13-5-7-14(8-6-13)24(26)27/h5-15,28H,4,16H2,1-3H3,(H,27,29,30);5-10,22H,4H2,1-3H3,(H2,20,26,27)(H,21,23,24);5-10,21H,4H2,1-3H3,(H,20,22,23). The van der Waals surface area contributed by atoms with Gasteiger partial charge in [0.25, 0.3) is 5.69 Å². The Kier molecular flexibility index (Phi) is 21.3. The third-order valence-electron chi connectivity index (χ3n) is 13.6. The van der Waals surface area contributed by atoms with Crippen molar-refractivity contribution < 1.29 is 46.7 Å². The summed E-state index contributed by atoms with van der Waals surface area (Å²) in [6.45, 7) is 17.8. The van der Waals surface area contributed by atoms with Crippen LogP contribution in [0.4, 0.5) is 40.6 Å². The molecule has 0 amide bonds. The van der Waals surface area contributed by atoms with Crippen molar-refractivity contribution in [1.29, 1.82) is 0 Å². The molecule has 0 atom stereocenters. The number of aromatic amines is 3. The number of aromatic nitrogens is 9. The minimum atomic E-state index is -3.75. The maximum atomic E-state index is 12.2. The van der Waals surface area contributed by atoms with Crippen LogP contribution in [0.25, 0.3) is 33.8 Å². The van der Waals surface area contributed by atoms with Gasteiger partial charge >= 0.3 is 17.9 Å². The van der Waals surface area contributed by atoms with Crippen LogP contribution in [0, 0.1) is 51.7 Å². The van der Waals surface area contributed by atoms with Crippen LogP contribution in [-0.2, 0) is 30.8 Å². The molecule has 6 aromatic heterocycles. The molecule has 0 aliphatic heterocycles. The molecule has 0 radical (unpaired) electrons. The highest BCUT2D eigenvalue weighted by Gasteiger charge is 2.24. The topological polar surface area (TPSA) is 352 Å². The van der Waals surface area contributed by atoms with Crippen molar-refractivity contribution >= 4 is 68.5 Å². The van der Waals surface area contributed by atoms with Crippen molar-refractivity contribution in [1.82, 2.24) is 44.9 Å². The number of benzene rings is 4. The maximum Gasteiger partial charge on any atom is 0.355 e. The Morgan fingerprint density at radius 2 is 0.911 bits per heavy atom. The number of carbonyl (C=O) groups is 3. The van der Waals surface area contributed by atoms with Crippen LogP contribution in [0.15, 0.2) is 145 Å². The van der Waals surface area contributed by atoms with E-state index in [-0.39, 0.29) is 23.2 Å². The van der Waals surface area contributed by atoms with E-state index in [2.05, 4.69) is 60.8 Å². The zero-order chi connectivity index (χ0) is 64.6. The third-order valence-corrected chi connectivity index (χ3v) is 14.5. The number of nitrogens with zero attached hydrogens (tertiary/aromatic N) is 7. The minimum Gasteiger partial charge on any atom is -0.489 e. The molecule has 8 N–H and O–H groups in total. The number of carbonyl (C=O) groups excluding carboxylic acids is 3. The molecule has 10 rings (SSSR count). The average Bonchev–Trinajstić information content (AvgIpc) is 1.76. The van der Waals surface area contributed by atoms with E-state index in [1.54, 1.807) is 75.8 Å². The van der Waals surface area contributed by atoms with E-state index in [1.807, 2.05) is 102 Å². The number of rotatable bonds is 20. The number of non-ortho nitro benzene ring substituents is 1. The SMILES string of the molecule is CCOC(=O)c1[nH]c(C)c(-c2ccnc(Nc3ccc(S(N)(=O)=O)cc3)n2)c1C.CCOC(=O)c1[nH]c(C)c(-c2ccnc(Nc3ccc([N+](=O)[O-])cc3)n2)c1C.CCOC(=O)c1[nH]c(C)c(-c2ccnc(Nc3cccc(OCc4ccccc4)c3)n2)c1C. The number of ether oxygens (including phenoxy) is 4. The maximum absolute atomic E-state index is 12.2. The number of hydrogen-bond donors (Lipinski definition) is 7. The molecule has 6 heterocycles. The number of esters is 3. The number of primary sulfonamides is 1. The van der Waals surface area contributed by atoms with E-state index >= 15 is 0 Å². The van der Waals surface area contributed by atoms with Gasteiger partial charge in [-0.1, -0.05) is 36.4 Å². The molecule has 10 aromatic rings. The number of nitrogens with two attached hydrogens (primary N) is 1. The van der Waals surface area contributed by atoms with Crippen LogP contribution >= 0.6 is 0 Å². The van der Waals surface area contributed by atoms with Crippen molar-refractivity contribution in [3.8, 4) is 39.5 Å². The van der Waals surface area contributed by atoms with Gasteiger partial charge in [-0.25, -0.2) is 57.8 Å². The predicted molar refractivity (Wildman–Crippen MR) is 340 cm³/mol. The van der Waals surface area contributed by atoms with Gasteiger partial charge in [-0.05, 0) is 151 Å². The highest BCUT2D eigenvalue weighted by atomic mass is 32.2. The fraction of sp³-hybridized carbons (Fsp3) is 0.203. The summed E-state index contributed by atoms with van der Waals surface area (Å²) < 4.78 is 43.9. The van der Waals surface area contributed by atoms with E-state index in [1.165, 1.54) is 24.3 Å².